The molecule has 1 amide bonds. The van der Waals surface area contributed by atoms with Gasteiger partial charge in [-0.1, -0.05) is 45.8 Å². The largest absolute Gasteiger partial charge is 0.496 e. The molecule has 1 fully saturated rings. The summed E-state index contributed by atoms with van der Waals surface area (Å²) in [7, 11) is 1.61. The Morgan fingerprint density at radius 1 is 1.15 bits per heavy atom. The summed E-state index contributed by atoms with van der Waals surface area (Å²) in [6.07, 6.45) is 0.820. The van der Waals surface area contributed by atoms with Crippen LogP contribution in [0.4, 0.5) is 0 Å². The number of methoxy groups -OCH3 is 1. The van der Waals surface area contributed by atoms with Crippen LogP contribution in [0.3, 0.4) is 0 Å². The van der Waals surface area contributed by atoms with Crippen molar-refractivity contribution in [2.75, 3.05) is 20.3 Å². The van der Waals surface area contributed by atoms with Gasteiger partial charge in [0, 0.05) is 24.2 Å². The van der Waals surface area contributed by atoms with E-state index in [1.807, 2.05) is 52.8 Å². The van der Waals surface area contributed by atoms with Crippen molar-refractivity contribution in [3.8, 4) is 5.75 Å². The molecular formula is C32H48N2O6. The van der Waals surface area contributed by atoms with Crippen molar-refractivity contribution in [1.29, 1.82) is 0 Å². The maximum atomic E-state index is 14.7. The van der Waals surface area contributed by atoms with Crippen LogP contribution in [0.5, 0.6) is 5.75 Å². The first-order valence-electron chi connectivity index (χ1n) is 14.3. The minimum Gasteiger partial charge on any atom is -0.496 e. The second kappa shape index (κ2) is 11.9. The highest BCUT2D eigenvalue weighted by molar-refractivity contribution is 5.99. The van der Waals surface area contributed by atoms with Crippen LogP contribution in [0, 0.1) is 18.8 Å². The summed E-state index contributed by atoms with van der Waals surface area (Å²) in [6, 6.07) is 6.83. The molecule has 1 aromatic heterocycles. The number of aromatic nitrogens is 1. The molecule has 0 bridgehead atoms. The maximum Gasteiger partial charge on any atom is 0.332 e. The SMILES string of the molecule is CCOC[C@@H]1C[C@](CC(C)C)(C(=O)OC(C)(C)C)N(C(=O)c2ccc(C(C)(C)C)c(OC)c2)[C@@H]1c1cc(C)on1. The zero-order valence-corrected chi connectivity index (χ0v) is 26.2. The van der Waals surface area contributed by atoms with Gasteiger partial charge in [-0.05, 0) is 76.5 Å². The highest BCUT2D eigenvalue weighted by Crippen LogP contribution is 2.51. The molecule has 1 aliphatic heterocycles. The number of nitrogens with zero attached hydrogens (tertiary/aromatic N) is 2. The summed E-state index contributed by atoms with van der Waals surface area (Å²) >= 11 is 0. The second-order valence-corrected chi connectivity index (χ2v) is 13.4. The average Bonchev–Trinajstić information content (AvgIpc) is 3.41. The molecule has 2 heterocycles. The molecule has 1 aromatic carbocycles. The van der Waals surface area contributed by atoms with E-state index in [4.69, 9.17) is 18.7 Å². The lowest BCUT2D eigenvalue weighted by Crippen LogP contribution is -2.56. The molecule has 8 heteroatoms. The average molecular weight is 557 g/mol. The minimum absolute atomic E-state index is 0.103. The topological polar surface area (TPSA) is 91.1 Å². The Morgan fingerprint density at radius 2 is 1.82 bits per heavy atom. The molecule has 0 N–H and O–H groups in total. The van der Waals surface area contributed by atoms with Crippen molar-refractivity contribution >= 4 is 11.9 Å². The summed E-state index contributed by atoms with van der Waals surface area (Å²) in [4.78, 5) is 30.7. The molecule has 0 radical (unpaired) electrons. The highest BCUT2D eigenvalue weighted by atomic mass is 16.6. The van der Waals surface area contributed by atoms with Crippen LogP contribution >= 0.6 is 0 Å². The molecule has 8 nitrogen and oxygen atoms in total. The molecule has 2 aromatic rings. The van der Waals surface area contributed by atoms with Crippen LogP contribution in [0.15, 0.2) is 28.8 Å². The van der Waals surface area contributed by atoms with Crippen LogP contribution in [0.25, 0.3) is 0 Å². The van der Waals surface area contributed by atoms with E-state index in [2.05, 4.69) is 39.8 Å². The predicted molar refractivity (Wildman–Crippen MR) is 154 cm³/mol. The summed E-state index contributed by atoms with van der Waals surface area (Å²) in [5.74, 6) is 0.470. The molecule has 40 heavy (non-hydrogen) atoms. The number of ether oxygens (including phenoxy) is 3. The monoisotopic (exact) mass is 556 g/mol. The van der Waals surface area contributed by atoms with Gasteiger partial charge in [-0.15, -0.1) is 0 Å². The molecule has 1 aliphatic rings. The molecular weight excluding hydrogens is 508 g/mol. The van der Waals surface area contributed by atoms with Crippen molar-refractivity contribution in [2.24, 2.45) is 11.8 Å². The molecule has 3 rings (SSSR count). The summed E-state index contributed by atoms with van der Waals surface area (Å²) in [5, 5.41) is 4.34. The normalized spacial score (nSPS) is 21.6. The van der Waals surface area contributed by atoms with Gasteiger partial charge in [0.1, 0.15) is 28.3 Å². The van der Waals surface area contributed by atoms with Gasteiger partial charge >= 0.3 is 5.97 Å². The van der Waals surface area contributed by atoms with Gasteiger partial charge in [0.15, 0.2) is 0 Å². The van der Waals surface area contributed by atoms with E-state index in [1.54, 1.807) is 18.1 Å². The number of amides is 1. The first-order valence-corrected chi connectivity index (χ1v) is 14.3. The Kier molecular flexibility index (Phi) is 9.44. The fourth-order valence-electron chi connectivity index (χ4n) is 5.84. The van der Waals surface area contributed by atoms with Gasteiger partial charge in [-0.2, -0.15) is 0 Å². The second-order valence-electron chi connectivity index (χ2n) is 13.4. The predicted octanol–water partition coefficient (Wildman–Crippen LogP) is 6.66. The summed E-state index contributed by atoms with van der Waals surface area (Å²) in [5.41, 5.74) is -0.112. The lowest BCUT2D eigenvalue weighted by molar-refractivity contribution is -0.168. The fraction of sp³-hybridized carbons (Fsp3) is 0.656. The van der Waals surface area contributed by atoms with Gasteiger partial charge < -0.3 is 23.6 Å². The van der Waals surface area contributed by atoms with Gasteiger partial charge in [0.05, 0.1) is 19.8 Å². The van der Waals surface area contributed by atoms with Crippen LogP contribution in [-0.4, -0.2) is 53.4 Å². The molecule has 0 unspecified atom stereocenters. The standard InChI is InChI=1S/C32H48N2O6/c1-12-38-19-23-18-32(17-20(2)3,29(36)39-31(8,9)10)34(27(23)25-15-21(4)40-33-25)28(35)22-13-14-24(30(5,6)7)26(16-22)37-11/h13-16,20,23,27H,12,17-19H2,1-11H3/t23-,27-,32+/m0/s1. The smallest absolute Gasteiger partial charge is 0.332 e. The fourth-order valence-corrected chi connectivity index (χ4v) is 5.84. The van der Waals surface area contributed by atoms with E-state index in [1.165, 1.54) is 0 Å². The Hall–Kier alpha value is -2.87. The van der Waals surface area contributed by atoms with Crippen molar-refractivity contribution in [1.82, 2.24) is 10.1 Å². The van der Waals surface area contributed by atoms with Crippen molar-refractivity contribution in [2.45, 2.75) is 105 Å². The molecule has 222 valence electrons. The summed E-state index contributed by atoms with van der Waals surface area (Å²) in [6.45, 7) is 20.6. The quantitative estimate of drug-likeness (QED) is 0.319. The van der Waals surface area contributed by atoms with E-state index in [-0.39, 0.29) is 23.2 Å². The van der Waals surface area contributed by atoms with Gasteiger partial charge in [0.2, 0.25) is 0 Å². The zero-order valence-electron chi connectivity index (χ0n) is 26.2. The van der Waals surface area contributed by atoms with E-state index in [9.17, 15) is 9.59 Å². The first-order chi connectivity index (χ1) is 18.5. The van der Waals surface area contributed by atoms with E-state index >= 15 is 0 Å². The Balaban J connectivity index is 2.28. The van der Waals surface area contributed by atoms with Crippen LogP contribution in [-0.2, 0) is 19.7 Å². The molecule has 3 atom stereocenters. The number of carbonyl (C=O) groups excluding carboxylic acids is 2. The molecule has 0 spiro atoms. The number of carbonyl (C=O) groups is 2. The van der Waals surface area contributed by atoms with Crippen LogP contribution in [0.2, 0.25) is 0 Å². The van der Waals surface area contributed by atoms with Crippen molar-refractivity contribution in [3.05, 3.63) is 46.8 Å². The van der Waals surface area contributed by atoms with E-state index < -0.39 is 23.2 Å². The number of aryl methyl sites for hydroxylation is 1. The Bertz CT molecular complexity index is 1190. The Labute approximate surface area is 239 Å². The van der Waals surface area contributed by atoms with E-state index in [0.29, 0.717) is 48.8 Å². The number of benzene rings is 1. The van der Waals surface area contributed by atoms with Crippen molar-refractivity contribution in [3.63, 3.8) is 0 Å². The lowest BCUT2D eigenvalue weighted by Gasteiger charge is -2.41. The minimum atomic E-state index is -1.23. The third-order valence-corrected chi connectivity index (χ3v) is 7.27. The Morgan fingerprint density at radius 3 is 2.33 bits per heavy atom. The van der Waals surface area contributed by atoms with E-state index in [0.717, 1.165) is 5.56 Å². The molecule has 1 saturated heterocycles. The van der Waals surface area contributed by atoms with Gasteiger partial charge in [0.25, 0.3) is 5.91 Å². The van der Waals surface area contributed by atoms with Gasteiger partial charge in [-0.3, -0.25) is 4.79 Å². The maximum absolute atomic E-state index is 14.7. The third-order valence-electron chi connectivity index (χ3n) is 7.27. The zero-order chi connectivity index (χ0) is 30.0. The van der Waals surface area contributed by atoms with Crippen LogP contribution < -0.4 is 4.74 Å². The van der Waals surface area contributed by atoms with Gasteiger partial charge in [-0.25, -0.2) is 4.79 Å². The summed E-state index contributed by atoms with van der Waals surface area (Å²) < 4.78 is 23.2. The molecule has 0 aliphatic carbocycles. The number of esters is 1. The number of hydrogen-bond donors (Lipinski definition) is 0. The number of likely N-dealkylation sites (tertiary alicyclic amines) is 1. The lowest BCUT2D eigenvalue weighted by atomic mass is 9.83. The highest BCUT2D eigenvalue weighted by Gasteiger charge is 2.60. The van der Waals surface area contributed by atoms with Crippen LogP contribution in [0.1, 0.15) is 109 Å². The van der Waals surface area contributed by atoms with Crippen molar-refractivity contribution < 1.29 is 28.3 Å². The molecule has 0 saturated carbocycles. The number of hydrogen-bond acceptors (Lipinski definition) is 7. The number of rotatable bonds is 9. The third kappa shape index (κ3) is 6.70. The first kappa shape index (κ1) is 31.7.